The molecule has 0 radical (unpaired) electrons. The minimum Gasteiger partial charge on any atom is -0.497 e. The summed E-state index contributed by atoms with van der Waals surface area (Å²) < 4.78 is 15.0. The molecule has 0 saturated heterocycles. The van der Waals surface area contributed by atoms with Gasteiger partial charge in [-0.05, 0) is 18.6 Å². The third kappa shape index (κ3) is 4.87. The molecule has 2 N–H and O–H groups in total. The van der Waals surface area contributed by atoms with Crippen molar-refractivity contribution < 1.29 is 23.8 Å². The Labute approximate surface area is 111 Å². The first kappa shape index (κ1) is 14.8. The summed E-state index contributed by atoms with van der Waals surface area (Å²) in [4.78, 5) is 22.0. The second-order valence-electron chi connectivity index (χ2n) is 3.79. The molecule has 6 nitrogen and oxygen atoms in total. The zero-order valence-corrected chi connectivity index (χ0v) is 11.0. The van der Waals surface area contributed by atoms with E-state index in [9.17, 15) is 9.59 Å². The molecule has 104 valence electrons. The minimum atomic E-state index is -0.557. The molecular weight excluding hydrogens is 250 g/mol. The standard InChI is InChI=1S/C13H17NO5/c1-17-10-6-9(13(14)16)7-11(8-10)19-5-3-4-12(15)18-2/h6-8H,3-5H2,1-2H3,(H2,14,16). The van der Waals surface area contributed by atoms with E-state index >= 15 is 0 Å². The molecule has 0 heterocycles. The van der Waals surface area contributed by atoms with Crippen molar-refractivity contribution in [2.24, 2.45) is 5.73 Å². The molecule has 0 aromatic heterocycles. The Morgan fingerprint density at radius 3 is 2.42 bits per heavy atom. The Hall–Kier alpha value is -2.24. The maximum Gasteiger partial charge on any atom is 0.305 e. The molecule has 0 saturated carbocycles. The Morgan fingerprint density at radius 2 is 1.84 bits per heavy atom. The third-order valence-corrected chi connectivity index (χ3v) is 2.42. The lowest BCUT2D eigenvalue weighted by Gasteiger charge is -2.09. The van der Waals surface area contributed by atoms with Crippen molar-refractivity contribution in [3.05, 3.63) is 23.8 Å². The number of ether oxygens (including phenoxy) is 3. The molecule has 0 unspecified atom stereocenters. The number of rotatable bonds is 7. The van der Waals surface area contributed by atoms with Crippen LogP contribution < -0.4 is 15.2 Å². The number of nitrogens with two attached hydrogens (primary N) is 1. The zero-order valence-electron chi connectivity index (χ0n) is 11.0. The van der Waals surface area contributed by atoms with Crippen LogP contribution in [0.2, 0.25) is 0 Å². The minimum absolute atomic E-state index is 0.281. The van der Waals surface area contributed by atoms with Crippen molar-refractivity contribution in [3.63, 3.8) is 0 Å². The van der Waals surface area contributed by atoms with Crippen molar-refractivity contribution in [2.45, 2.75) is 12.8 Å². The van der Waals surface area contributed by atoms with Crippen LogP contribution in [0.25, 0.3) is 0 Å². The number of carbonyl (C=O) groups is 2. The topological polar surface area (TPSA) is 87.8 Å². The third-order valence-electron chi connectivity index (χ3n) is 2.42. The lowest BCUT2D eigenvalue weighted by molar-refractivity contribution is -0.140. The summed E-state index contributed by atoms with van der Waals surface area (Å²) in [5.41, 5.74) is 5.52. The molecule has 0 aliphatic carbocycles. The first-order valence-corrected chi connectivity index (χ1v) is 5.75. The highest BCUT2D eigenvalue weighted by molar-refractivity contribution is 5.93. The van der Waals surface area contributed by atoms with Crippen LogP contribution in [0, 0.1) is 0 Å². The number of benzene rings is 1. The Kier molecular flexibility index (Phi) is 5.66. The summed E-state index contributed by atoms with van der Waals surface area (Å²) in [5, 5.41) is 0. The van der Waals surface area contributed by atoms with Gasteiger partial charge in [0, 0.05) is 18.1 Å². The van der Waals surface area contributed by atoms with E-state index in [0.717, 1.165) is 0 Å². The maximum absolute atomic E-state index is 11.1. The quantitative estimate of drug-likeness (QED) is 0.591. The molecule has 0 fully saturated rings. The van der Waals surface area contributed by atoms with E-state index in [1.807, 2.05) is 0 Å². The molecule has 0 spiro atoms. The van der Waals surface area contributed by atoms with Gasteiger partial charge in [-0.3, -0.25) is 9.59 Å². The van der Waals surface area contributed by atoms with Crippen LogP contribution in [0.1, 0.15) is 23.2 Å². The molecule has 1 rings (SSSR count). The number of methoxy groups -OCH3 is 2. The molecule has 6 heteroatoms. The second kappa shape index (κ2) is 7.25. The number of primary amides is 1. The first-order valence-electron chi connectivity index (χ1n) is 5.75. The zero-order chi connectivity index (χ0) is 14.3. The number of hydrogen-bond donors (Lipinski definition) is 1. The van der Waals surface area contributed by atoms with E-state index in [-0.39, 0.29) is 12.4 Å². The summed E-state index contributed by atoms with van der Waals surface area (Å²) in [6.45, 7) is 0.334. The molecule has 1 amide bonds. The molecular formula is C13H17NO5. The highest BCUT2D eigenvalue weighted by atomic mass is 16.5. The molecule has 19 heavy (non-hydrogen) atoms. The lowest BCUT2D eigenvalue weighted by atomic mass is 10.2. The van der Waals surface area contributed by atoms with Gasteiger partial charge in [0.25, 0.3) is 0 Å². The van der Waals surface area contributed by atoms with E-state index < -0.39 is 5.91 Å². The average Bonchev–Trinajstić information content (AvgIpc) is 2.42. The van der Waals surface area contributed by atoms with Gasteiger partial charge in [-0.2, -0.15) is 0 Å². The van der Waals surface area contributed by atoms with E-state index in [4.69, 9.17) is 15.2 Å². The van der Waals surface area contributed by atoms with Crippen LogP contribution in [0.3, 0.4) is 0 Å². The smallest absolute Gasteiger partial charge is 0.305 e. The highest BCUT2D eigenvalue weighted by Gasteiger charge is 2.07. The van der Waals surface area contributed by atoms with Gasteiger partial charge in [-0.25, -0.2) is 0 Å². The van der Waals surface area contributed by atoms with E-state index in [1.54, 1.807) is 6.07 Å². The van der Waals surface area contributed by atoms with Gasteiger partial charge in [0.05, 0.1) is 20.8 Å². The Morgan fingerprint density at radius 1 is 1.16 bits per heavy atom. The highest BCUT2D eigenvalue weighted by Crippen LogP contribution is 2.22. The van der Waals surface area contributed by atoms with Crippen molar-refractivity contribution in [1.29, 1.82) is 0 Å². The van der Waals surface area contributed by atoms with Gasteiger partial charge in [-0.1, -0.05) is 0 Å². The predicted octanol–water partition coefficient (Wildman–Crippen LogP) is 1.13. The van der Waals surface area contributed by atoms with Crippen LogP contribution in [0.5, 0.6) is 11.5 Å². The van der Waals surface area contributed by atoms with Crippen molar-refractivity contribution in [2.75, 3.05) is 20.8 Å². The fourth-order valence-electron chi connectivity index (χ4n) is 1.42. The Bertz CT molecular complexity index is 458. The number of esters is 1. The van der Waals surface area contributed by atoms with Crippen LogP contribution >= 0.6 is 0 Å². The van der Waals surface area contributed by atoms with Gasteiger partial charge in [0.15, 0.2) is 0 Å². The van der Waals surface area contributed by atoms with Gasteiger partial charge in [0.1, 0.15) is 11.5 Å². The van der Waals surface area contributed by atoms with Crippen LogP contribution in [-0.2, 0) is 9.53 Å². The predicted molar refractivity (Wildman–Crippen MR) is 68.3 cm³/mol. The van der Waals surface area contributed by atoms with Gasteiger partial charge in [-0.15, -0.1) is 0 Å². The summed E-state index contributed by atoms with van der Waals surface area (Å²) in [5.74, 6) is 0.114. The Balaban J connectivity index is 2.60. The molecule has 0 aliphatic heterocycles. The normalized spacial score (nSPS) is 9.79. The molecule has 0 atom stereocenters. The van der Waals surface area contributed by atoms with Crippen molar-refractivity contribution in [3.8, 4) is 11.5 Å². The fraction of sp³-hybridized carbons (Fsp3) is 0.385. The van der Waals surface area contributed by atoms with Crippen LogP contribution in [-0.4, -0.2) is 32.7 Å². The largest absolute Gasteiger partial charge is 0.497 e. The van der Waals surface area contributed by atoms with Crippen molar-refractivity contribution in [1.82, 2.24) is 0 Å². The van der Waals surface area contributed by atoms with E-state index in [0.29, 0.717) is 30.1 Å². The summed E-state index contributed by atoms with van der Waals surface area (Å²) in [6.07, 6.45) is 0.804. The van der Waals surface area contributed by atoms with Crippen LogP contribution in [0.4, 0.5) is 0 Å². The fourth-order valence-corrected chi connectivity index (χ4v) is 1.42. The van der Waals surface area contributed by atoms with Gasteiger partial charge in [0.2, 0.25) is 5.91 Å². The van der Waals surface area contributed by atoms with Crippen LogP contribution in [0.15, 0.2) is 18.2 Å². The van der Waals surface area contributed by atoms with E-state index in [2.05, 4.69) is 4.74 Å². The van der Waals surface area contributed by atoms with E-state index in [1.165, 1.54) is 26.4 Å². The summed E-state index contributed by atoms with van der Waals surface area (Å²) in [7, 11) is 2.82. The maximum atomic E-state index is 11.1. The van der Waals surface area contributed by atoms with Gasteiger partial charge < -0.3 is 19.9 Å². The SMILES string of the molecule is COC(=O)CCCOc1cc(OC)cc(C(N)=O)c1. The monoisotopic (exact) mass is 267 g/mol. The number of hydrogen-bond acceptors (Lipinski definition) is 5. The molecule has 0 aliphatic rings. The molecule has 1 aromatic carbocycles. The molecule has 1 aromatic rings. The summed E-state index contributed by atoms with van der Waals surface area (Å²) >= 11 is 0. The first-order chi connectivity index (χ1) is 9.06. The number of carbonyl (C=O) groups excluding carboxylic acids is 2. The lowest BCUT2D eigenvalue weighted by Crippen LogP contribution is -2.11. The number of amides is 1. The summed E-state index contributed by atoms with van der Waals surface area (Å²) in [6, 6.07) is 4.71. The van der Waals surface area contributed by atoms with Gasteiger partial charge >= 0.3 is 5.97 Å². The van der Waals surface area contributed by atoms with Crippen molar-refractivity contribution >= 4 is 11.9 Å². The second-order valence-corrected chi connectivity index (χ2v) is 3.79. The average molecular weight is 267 g/mol. The molecule has 0 bridgehead atoms.